The standard InChI is InChI=1S/C27H22BrF3N2O5S/c1-15-5-4-6-22-23(15)17(3)25(32-24(22)28)33(14-18-7-9-19(10-8-18)38-27(29,30)31)39(36,37)20-11-12-21(26(34)35)16(2)13-20/h4-13H,14H2,1-3H3,(H,34,35)/p-1. The third-order valence-corrected chi connectivity index (χ3v) is 8.47. The van der Waals surface area contributed by atoms with Crippen molar-refractivity contribution in [3.8, 4) is 5.75 Å². The van der Waals surface area contributed by atoms with Gasteiger partial charge in [0.1, 0.15) is 16.2 Å². The highest BCUT2D eigenvalue weighted by Crippen LogP contribution is 2.36. The lowest BCUT2D eigenvalue weighted by molar-refractivity contribution is -0.274. The molecule has 0 unspecified atom stereocenters. The fourth-order valence-electron chi connectivity index (χ4n) is 4.32. The Balaban J connectivity index is 1.89. The average Bonchev–Trinajstić information content (AvgIpc) is 2.84. The smallest absolute Gasteiger partial charge is 0.545 e. The summed E-state index contributed by atoms with van der Waals surface area (Å²) in [7, 11) is -4.35. The number of hydrogen-bond donors (Lipinski definition) is 0. The number of sulfonamides is 1. The first-order valence-electron chi connectivity index (χ1n) is 11.4. The average molecular weight is 622 g/mol. The van der Waals surface area contributed by atoms with Crippen LogP contribution in [-0.2, 0) is 16.6 Å². The highest BCUT2D eigenvalue weighted by atomic mass is 79.9. The summed E-state index contributed by atoms with van der Waals surface area (Å²) in [6.45, 7) is 4.78. The summed E-state index contributed by atoms with van der Waals surface area (Å²) in [5, 5.41) is 12.9. The fourth-order valence-corrected chi connectivity index (χ4v) is 6.36. The number of carbonyl (C=O) groups excluding carboxylic acids is 1. The molecule has 0 amide bonds. The molecule has 39 heavy (non-hydrogen) atoms. The molecule has 1 aromatic heterocycles. The number of carboxylic acid groups (broad SMARTS) is 1. The van der Waals surface area contributed by atoms with Gasteiger partial charge in [0, 0.05) is 16.5 Å². The van der Waals surface area contributed by atoms with Crippen LogP contribution in [0.5, 0.6) is 5.75 Å². The van der Waals surface area contributed by atoms with E-state index >= 15 is 0 Å². The van der Waals surface area contributed by atoms with Gasteiger partial charge in [-0.25, -0.2) is 17.7 Å². The minimum Gasteiger partial charge on any atom is -0.545 e. The van der Waals surface area contributed by atoms with E-state index in [0.29, 0.717) is 15.7 Å². The molecule has 4 aromatic rings. The number of carbonyl (C=O) groups is 1. The molecule has 1 heterocycles. The third kappa shape index (κ3) is 5.86. The van der Waals surface area contributed by atoms with Crippen molar-refractivity contribution in [1.82, 2.24) is 4.98 Å². The van der Waals surface area contributed by atoms with Gasteiger partial charge in [0.2, 0.25) is 0 Å². The zero-order valence-corrected chi connectivity index (χ0v) is 23.2. The molecule has 0 radical (unpaired) electrons. The Hall–Kier alpha value is -3.64. The number of aryl methyl sites for hydroxylation is 3. The first kappa shape index (κ1) is 28.4. The first-order valence-corrected chi connectivity index (χ1v) is 13.7. The molecule has 0 aliphatic carbocycles. The molecule has 204 valence electrons. The van der Waals surface area contributed by atoms with Crippen LogP contribution >= 0.6 is 15.9 Å². The Morgan fingerprint density at radius 3 is 2.28 bits per heavy atom. The Morgan fingerprint density at radius 2 is 1.69 bits per heavy atom. The number of hydrogen-bond acceptors (Lipinski definition) is 6. The maximum absolute atomic E-state index is 14.0. The summed E-state index contributed by atoms with van der Waals surface area (Å²) in [4.78, 5) is 15.7. The van der Waals surface area contributed by atoms with E-state index in [9.17, 15) is 31.5 Å². The number of carboxylic acids is 1. The maximum atomic E-state index is 14.0. The van der Waals surface area contributed by atoms with Crippen molar-refractivity contribution in [3.63, 3.8) is 0 Å². The fraction of sp³-hybridized carbons (Fsp3) is 0.185. The van der Waals surface area contributed by atoms with Crippen molar-refractivity contribution >= 4 is 48.5 Å². The van der Waals surface area contributed by atoms with E-state index in [4.69, 9.17) is 0 Å². The molecular formula is C27H21BrF3N2O5S-. The number of alkyl halides is 3. The van der Waals surface area contributed by atoms with Crippen molar-refractivity contribution < 1.29 is 36.2 Å². The van der Waals surface area contributed by atoms with Crippen molar-refractivity contribution in [1.29, 1.82) is 0 Å². The number of nitrogens with zero attached hydrogens (tertiary/aromatic N) is 2. The van der Waals surface area contributed by atoms with Gasteiger partial charge in [-0.05, 0) is 83.0 Å². The number of aromatic carboxylic acids is 1. The number of aromatic nitrogens is 1. The molecule has 0 atom stereocenters. The number of ether oxygens (including phenoxy) is 1. The molecule has 0 saturated carbocycles. The third-order valence-electron chi connectivity index (χ3n) is 6.13. The van der Waals surface area contributed by atoms with Crippen LogP contribution < -0.4 is 14.1 Å². The molecule has 7 nitrogen and oxygen atoms in total. The monoisotopic (exact) mass is 621 g/mol. The van der Waals surface area contributed by atoms with Crippen LogP contribution in [-0.4, -0.2) is 25.7 Å². The zero-order valence-electron chi connectivity index (χ0n) is 20.8. The van der Waals surface area contributed by atoms with Crippen LogP contribution in [0.15, 0.2) is 70.2 Å². The van der Waals surface area contributed by atoms with Crippen molar-refractivity contribution in [2.45, 2.75) is 38.6 Å². The number of pyridine rings is 1. The van der Waals surface area contributed by atoms with E-state index in [1.165, 1.54) is 25.1 Å². The van der Waals surface area contributed by atoms with Crippen LogP contribution in [0.25, 0.3) is 10.8 Å². The molecule has 0 aliphatic rings. The summed E-state index contributed by atoms with van der Waals surface area (Å²) < 4.78 is 71.3. The molecule has 0 saturated heterocycles. The van der Waals surface area contributed by atoms with Crippen molar-refractivity contribution in [3.05, 3.63) is 93.1 Å². The van der Waals surface area contributed by atoms with Crippen LogP contribution in [0, 0.1) is 20.8 Å². The van der Waals surface area contributed by atoms with Crippen molar-refractivity contribution in [2.24, 2.45) is 0 Å². The molecular weight excluding hydrogens is 601 g/mol. The number of benzene rings is 3. The van der Waals surface area contributed by atoms with Gasteiger partial charge < -0.3 is 14.6 Å². The van der Waals surface area contributed by atoms with Gasteiger partial charge in [-0.15, -0.1) is 13.2 Å². The molecule has 4 rings (SSSR count). The zero-order chi connectivity index (χ0) is 28.7. The SMILES string of the molecule is Cc1cc(S(=O)(=O)N(Cc2ccc(OC(F)(F)F)cc2)c2nc(Br)c3cccc(C)c3c2C)ccc1C(=O)[O-]. The van der Waals surface area contributed by atoms with Crippen molar-refractivity contribution in [2.75, 3.05) is 4.31 Å². The van der Waals surface area contributed by atoms with Gasteiger partial charge >= 0.3 is 6.36 Å². The minimum atomic E-state index is -4.87. The minimum absolute atomic E-state index is 0.0981. The van der Waals surface area contributed by atoms with Gasteiger partial charge in [0.25, 0.3) is 10.0 Å². The number of halogens is 4. The van der Waals surface area contributed by atoms with E-state index in [2.05, 4.69) is 25.7 Å². The van der Waals surface area contributed by atoms with E-state index in [1.807, 2.05) is 25.1 Å². The lowest BCUT2D eigenvalue weighted by Gasteiger charge is -2.27. The van der Waals surface area contributed by atoms with Gasteiger partial charge in [-0.3, -0.25) is 0 Å². The van der Waals surface area contributed by atoms with Gasteiger partial charge in [0.05, 0.1) is 17.4 Å². The molecule has 3 aromatic carbocycles. The predicted octanol–water partition coefficient (Wildman–Crippen LogP) is 5.58. The Kier molecular flexibility index (Phi) is 7.63. The molecule has 12 heteroatoms. The summed E-state index contributed by atoms with van der Waals surface area (Å²) in [6.07, 6.45) is -4.87. The number of fused-ring (bicyclic) bond motifs is 1. The summed E-state index contributed by atoms with van der Waals surface area (Å²) in [5.41, 5.74) is 1.84. The Morgan fingerprint density at radius 1 is 1.03 bits per heavy atom. The van der Waals surface area contributed by atoms with E-state index in [-0.39, 0.29) is 28.4 Å². The largest absolute Gasteiger partial charge is 0.573 e. The quantitative estimate of drug-likeness (QED) is 0.250. The number of anilines is 1. The van der Waals surface area contributed by atoms with Crippen LogP contribution in [0.1, 0.15) is 32.6 Å². The second-order valence-corrected chi connectivity index (χ2v) is 11.4. The van der Waals surface area contributed by atoms with Crippen LogP contribution in [0.4, 0.5) is 19.0 Å². The summed E-state index contributed by atoms with van der Waals surface area (Å²) in [5.74, 6) is -1.80. The second-order valence-electron chi connectivity index (χ2n) is 8.82. The highest BCUT2D eigenvalue weighted by molar-refractivity contribution is 9.10. The van der Waals surface area contributed by atoms with Gasteiger partial charge in [-0.2, -0.15) is 0 Å². The lowest BCUT2D eigenvalue weighted by Crippen LogP contribution is -2.32. The molecule has 0 N–H and O–H groups in total. The topological polar surface area (TPSA) is 99.6 Å². The molecule has 0 aliphatic heterocycles. The van der Waals surface area contributed by atoms with Crippen LogP contribution in [0.3, 0.4) is 0 Å². The Bertz CT molecular complexity index is 1690. The normalized spacial score (nSPS) is 12.0. The lowest BCUT2D eigenvalue weighted by atomic mass is 10.0. The summed E-state index contributed by atoms with van der Waals surface area (Å²) >= 11 is 3.44. The molecule has 0 fully saturated rings. The van der Waals surface area contributed by atoms with Gasteiger partial charge in [-0.1, -0.05) is 36.4 Å². The first-order chi connectivity index (χ1) is 18.2. The molecule has 0 spiro atoms. The van der Waals surface area contributed by atoms with E-state index in [0.717, 1.165) is 44.9 Å². The number of rotatable bonds is 7. The van der Waals surface area contributed by atoms with E-state index < -0.39 is 28.1 Å². The van der Waals surface area contributed by atoms with E-state index in [1.54, 1.807) is 6.92 Å². The Labute approximate surface area is 231 Å². The predicted molar refractivity (Wildman–Crippen MR) is 141 cm³/mol. The maximum Gasteiger partial charge on any atom is 0.573 e. The molecule has 0 bridgehead atoms. The summed E-state index contributed by atoms with van der Waals surface area (Å²) in [6, 6.07) is 13.9. The van der Waals surface area contributed by atoms with Crippen LogP contribution in [0.2, 0.25) is 0 Å². The second kappa shape index (κ2) is 10.5. The van der Waals surface area contributed by atoms with Gasteiger partial charge in [0.15, 0.2) is 0 Å². The highest BCUT2D eigenvalue weighted by Gasteiger charge is 2.32.